The number of aromatic nitrogens is 3. The van der Waals surface area contributed by atoms with Crippen molar-refractivity contribution in [3.63, 3.8) is 0 Å². The molecule has 0 N–H and O–H groups in total. The van der Waals surface area contributed by atoms with Crippen LogP contribution in [-0.4, -0.2) is 15.0 Å². The van der Waals surface area contributed by atoms with Gasteiger partial charge in [0.1, 0.15) is 22.3 Å². The number of fused-ring (bicyclic) bond motifs is 6. The van der Waals surface area contributed by atoms with Crippen LogP contribution in [0, 0.1) is 0 Å². The van der Waals surface area contributed by atoms with Crippen LogP contribution < -0.4 is 0 Å². The summed E-state index contributed by atoms with van der Waals surface area (Å²) in [5, 5.41) is 4.40. The molecular formula is C45H27N3O2. The van der Waals surface area contributed by atoms with Gasteiger partial charge in [-0.2, -0.15) is 0 Å². The Morgan fingerprint density at radius 1 is 0.300 bits per heavy atom. The van der Waals surface area contributed by atoms with Crippen LogP contribution in [0.15, 0.2) is 173 Å². The fourth-order valence-corrected chi connectivity index (χ4v) is 6.91. The molecular weight excluding hydrogens is 615 g/mol. The molecule has 50 heavy (non-hydrogen) atoms. The lowest BCUT2D eigenvalue weighted by Crippen LogP contribution is -2.00. The van der Waals surface area contributed by atoms with Gasteiger partial charge in [-0.3, -0.25) is 0 Å². The van der Waals surface area contributed by atoms with Crippen LogP contribution in [0.25, 0.3) is 100 Å². The summed E-state index contributed by atoms with van der Waals surface area (Å²) in [6, 6.07) is 55.7. The summed E-state index contributed by atoms with van der Waals surface area (Å²) < 4.78 is 12.7. The minimum atomic E-state index is 0.621. The highest BCUT2D eigenvalue weighted by Crippen LogP contribution is 2.40. The molecule has 10 rings (SSSR count). The Balaban J connectivity index is 1.06. The molecule has 0 amide bonds. The molecule has 5 heteroatoms. The highest BCUT2D eigenvalue weighted by atomic mass is 16.3. The number of furan rings is 2. The van der Waals surface area contributed by atoms with Gasteiger partial charge in [0, 0.05) is 38.2 Å². The molecule has 0 saturated carbocycles. The van der Waals surface area contributed by atoms with Gasteiger partial charge in [-0.15, -0.1) is 0 Å². The van der Waals surface area contributed by atoms with Crippen molar-refractivity contribution in [3.8, 4) is 56.4 Å². The maximum atomic E-state index is 6.50. The monoisotopic (exact) mass is 641 g/mol. The molecule has 0 unspecified atom stereocenters. The normalized spacial score (nSPS) is 11.6. The van der Waals surface area contributed by atoms with E-state index >= 15 is 0 Å². The van der Waals surface area contributed by atoms with Gasteiger partial charge in [-0.05, 0) is 64.7 Å². The van der Waals surface area contributed by atoms with Crippen molar-refractivity contribution in [3.05, 3.63) is 164 Å². The molecule has 0 aliphatic carbocycles. The minimum absolute atomic E-state index is 0.621. The van der Waals surface area contributed by atoms with Crippen molar-refractivity contribution in [2.75, 3.05) is 0 Å². The van der Waals surface area contributed by atoms with Gasteiger partial charge in [0.2, 0.25) is 0 Å². The van der Waals surface area contributed by atoms with Crippen LogP contribution in [0.3, 0.4) is 0 Å². The first-order valence-corrected chi connectivity index (χ1v) is 16.6. The third-order valence-electron chi connectivity index (χ3n) is 9.34. The minimum Gasteiger partial charge on any atom is -0.456 e. The Hall–Kier alpha value is -6.85. The van der Waals surface area contributed by atoms with E-state index in [9.17, 15) is 0 Å². The number of nitrogens with zero attached hydrogens (tertiary/aromatic N) is 3. The molecule has 0 aliphatic heterocycles. The van der Waals surface area contributed by atoms with Crippen molar-refractivity contribution in [1.82, 2.24) is 15.0 Å². The lowest BCUT2D eigenvalue weighted by molar-refractivity contribution is 0.668. The fraction of sp³-hybridized carbons (Fsp3) is 0. The Morgan fingerprint density at radius 2 is 0.800 bits per heavy atom. The molecule has 7 aromatic carbocycles. The van der Waals surface area contributed by atoms with E-state index < -0.39 is 0 Å². The van der Waals surface area contributed by atoms with Crippen molar-refractivity contribution in [1.29, 1.82) is 0 Å². The summed E-state index contributed by atoms with van der Waals surface area (Å²) in [6.45, 7) is 0. The largest absolute Gasteiger partial charge is 0.456 e. The second-order valence-electron chi connectivity index (χ2n) is 12.4. The van der Waals surface area contributed by atoms with Crippen molar-refractivity contribution >= 4 is 43.9 Å². The number of rotatable bonds is 5. The average molecular weight is 642 g/mol. The van der Waals surface area contributed by atoms with Gasteiger partial charge in [0.05, 0.1) is 0 Å². The highest BCUT2D eigenvalue weighted by Gasteiger charge is 2.17. The summed E-state index contributed by atoms with van der Waals surface area (Å²) >= 11 is 0. The summed E-state index contributed by atoms with van der Waals surface area (Å²) in [7, 11) is 0. The van der Waals surface area contributed by atoms with Gasteiger partial charge < -0.3 is 8.83 Å². The van der Waals surface area contributed by atoms with Gasteiger partial charge in [-0.1, -0.05) is 121 Å². The van der Waals surface area contributed by atoms with Crippen molar-refractivity contribution < 1.29 is 8.83 Å². The fourth-order valence-electron chi connectivity index (χ4n) is 6.91. The standard InChI is InChI=1S/C45H27N3O2/c1-3-11-28(12-4-1)43-46-44(29-13-5-2-6-14-29)48-45(47-43)33-16-9-15-30(25-33)31-21-24-37-41(26-31)50-39-20-10-18-34(42(37)39)32-22-23-36-35-17-7-8-19-38(35)49-40(36)27-32/h1-27H. The van der Waals surface area contributed by atoms with E-state index in [1.165, 1.54) is 0 Å². The lowest BCUT2D eigenvalue weighted by atomic mass is 9.97. The topological polar surface area (TPSA) is 65.0 Å². The summed E-state index contributed by atoms with van der Waals surface area (Å²) in [6.07, 6.45) is 0. The predicted octanol–water partition coefficient (Wildman–Crippen LogP) is 12.0. The number of hydrogen-bond acceptors (Lipinski definition) is 5. The van der Waals surface area contributed by atoms with Gasteiger partial charge in [0.15, 0.2) is 17.5 Å². The third-order valence-corrected chi connectivity index (χ3v) is 9.34. The number of para-hydroxylation sites is 1. The van der Waals surface area contributed by atoms with Gasteiger partial charge in [0.25, 0.3) is 0 Å². The first-order chi connectivity index (χ1) is 24.7. The molecule has 10 aromatic rings. The van der Waals surface area contributed by atoms with Crippen molar-refractivity contribution in [2.24, 2.45) is 0 Å². The second-order valence-corrected chi connectivity index (χ2v) is 12.4. The molecule has 0 aliphatic rings. The predicted molar refractivity (Wildman–Crippen MR) is 202 cm³/mol. The van der Waals surface area contributed by atoms with Crippen LogP contribution in [0.4, 0.5) is 0 Å². The quantitative estimate of drug-likeness (QED) is 0.187. The van der Waals surface area contributed by atoms with Crippen LogP contribution in [-0.2, 0) is 0 Å². The summed E-state index contributed by atoms with van der Waals surface area (Å²) in [5.41, 5.74) is 10.5. The number of hydrogen-bond donors (Lipinski definition) is 0. The Morgan fingerprint density at radius 3 is 1.58 bits per heavy atom. The molecule has 3 aromatic heterocycles. The zero-order chi connectivity index (χ0) is 33.0. The third kappa shape index (κ3) is 4.75. The van der Waals surface area contributed by atoms with E-state index in [-0.39, 0.29) is 0 Å². The van der Waals surface area contributed by atoms with Crippen LogP contribution in [0.5, 0.6) is 0 Å². The first-order valence-electron chi connectivity index (χ1n) is 16.6. The zero-order valence-electron chi connectivity index (χ0n) is 26.7. The molecule has 234 valence electrons. The molecule has 0 spiro atoms. The lowest BCUT2D eigenvalue weighted by Gasteiger charge is -2.09. The molecule has 5 nitrogen and oxygen atoms in total. The Bertz CT molecular complexity index is 2810. The van der Waals surface area contributed by atoms with E-state index in [1.54, 1.807) is 0 Å². The molecule has 0 atom stereocenters. The van der Waals surface area contributed by atoms with E-state index in [0.29, 0.717) is 17.5 Å². The van der Waals surface area contributed by atoms with E-state index in [2.05, 4.69) is 66.7 Å². The summed E-state index contributed by atoms with van der Waals surface area (Å²) in [5.74, 6) is 1.90. The maximum Gasteiger partial charge on any atom is 0.164 e. The second kappa shape index (κ2) is 11.4. The van der Waals surface area contributed by atoms with Crippen LogP contribution in [0.1, 0.15) is 0 Å². The molecule has 3 heterocycles. The van der Waals surface area contributed by atoms with E-state index in [0.717, 1.165) is 82.8 Å². The van der Waals surface area contributed by atoms with E-state index in [1.807, 2.05) is 97.1 Å². The SMILES string of the molecule is c1ccc(-c2nc(-c3ccccc3)nc(-c3cccc(-c4ccc5c(c4)oc4cccc(-c6ccc7c(c6)oc6ccccc67)c45)c3)n2)cc1. The molecule has 0 radical (unpaired) electrons. The van der Waals surface area contributed by atoms with Gasteiger partial charge >= 0.3 is 0 Å². The van der Waals surface area contributed by atoms with Crippen LogP contribution >= 0.6 is 0 Å². The maximum absolute atomic E-state index is 6.50. The molecule has 0 saturated heterocycles. The van der Waals surface area contributed by atoms with Crippen LogP contribution in [0.2, 0.25) is 0 Å². The number of benzene rings is 7. The van der Waals surface area contributed by atoms with E-state index in [4.69, 9.17) is 23.8 Å². The Labute approximate surface area is 287 Å². The Kier molecular flexibility index (Phi) is 6.42. The summed E-state index contributed by atoms with van der Waals surface area (Å²) in [4.78, 5) is 14.7. The highest BCUT2D eigenvalue weighted by molar-refractivity contribution is 6.14. The first kappa shape index (κ1) is 28.2. The van der Waals surface area contributed by atoms with Gasteiger partial charge in [-0.25, -0.2) is 15.0 Å². The van der Waals surface area contributed by atoms with Crippen molar-refractivity contribution in [2.45, 2.75) is 0 Å². The average Bonchev–Trinajstić information content (AvgIpc) is 3.76. The zero-order valence-corrected chi connectivity index (χ0v) is 26.7. The smallest absolute Gasteiger partial charge is 0.164 e. The molecule has 0 fully saturated rings. The molecule has 0 bridgehead atoms.